The zero-order chi connectivity index (χ0) is 11.4. The summed E-state index contributed by atoms with van der Waals surface area (Å²) >= 11 is 0. The van der Waals surface area contributed by atoms with Gasteiger partial charge in [0.05, 0.1) is 0 Å². The lowest BCUT2D eigenvalue weighted by Crippen LogP contribution is -2.27. The minimum absolute atomic E-state index is 0.0741. The Kier molecular flexibility index (Phi) is 3.51. The average molecular weight is 219 g/mol. The Labute approximate surface area is 95.5 Å². The van der Waals surface area contributed by atoms with Crippen molar-refractivity contribution < 1.29 is 4.79 Å². The number of amides is 1. The van der Waals surface area contributed by atoms with E-state index in [1.807, 2.05) is 18.2 Å². The van der Waals surface area contributed by atoms with E-state index in [2.05, 4.69) is 15.6 Å². The zero-order valence-corrected chi connectivity index (χ0v) is 9.49. The number of hydrogen-bond acceptors (Lipinski definition) is 3. The van der Waals surface area contributed by atoms with Crippen molar-refractivity contribution in [1.82, 2.24) is 10.3 Å². The van der Waals surface area contributed by atoms with E-state index in [4.69, 9.17) is 0 Å². The molecule has 86 valence electrons. The Morgan fingerprint density at radius 2 is 2.19 bits per heavy atom. The highest BCUT2D eigenvalue weighted by atomic mass is 16.1. The molecule has 1 aliphatic rings. The summed E-state index contributed by atoms with van der Waals surface area (Å²) < 4.78 is 0. The van der Waals surface area contributed by atoms with Crippen LogP contribution in [-0.4, -0.2) is 24.0 Å². The number of aromatic nitrogens is 1. The smallest absolute Gasteiger partial charge is 0.222 e. The third kappa shape index (κ3) is 2.79. The molecule has 0 aromatic carbocycles. The van der Waals surface area contributed by atoms with Crippen molar-refractivity contribution in [3.63, 3.8) is 0 Å². The lowest BCUT2D eigenvalue weighted by Gasteiger charge is -2.22. The fraction of sp³-hybridized carbons (Fsp3) is 0.500. The van der Waals surface area contributed by atoms with Crippen molar-refractivity contribution in [3.8, 4) is 0 Å². The summed E-state index contributed by atoms with van der Waals surface area (Å²) in [6, 6.07) is 5.82. The minimum atomic E-state index is -0.0741. The number of nitrogens with zero attached hydrogens (tertiary/aromatic N) is 1. The van der Waals surface area contributed by atoms with Crippen LogP contribution in [0.2, 0.25) is 0 Å². The van der Waals surface area contributed by atoms with Crippen LogP contribution in [0.4, 0.5) is 5.82 Å². The molecule has 2 heterocycles. The lowest BCUT2D eigenvalue weighted by atomic mass is 9.94. The Morgan fingerprint density at radius 3 is 2.88 bits per heavy atom. The van der Waals surface area contributed by atoms with Gasteiger partial charge >= 0.3 is 0 Å². The second-order valence-electron chi connectivity index (χ2n) is 4.15. The maximum Gasteiger partial charge on any atom is 0.222 e. The number of rotatable bonds is 2. The van der Waals surface area contributed by atoms with E-state index in [-0.39, 0.29) is 5.91 Å². The molecule has 1 aliphatic heterocycles. The van der Waals surface area contributed by atoms with Gasteiger partial charge in [-0.1, -0.05) is 6.07 Å². The topological polar surface area (TPSA) is 54.0 Å². The van der Waals surface area contributed by atoms with Gasteiger partial charge in [-0.15, -0.1) is 0 Å². The fourth-order valence-corrected chi connectivity index (χ4v) is 2.05. The highest BCUT2D eigenvalue weighted by Crippen LogP contribution is 2.24. The molecule has 0 radical (unpaired) electrons. The molecule has 1 saturated heterocycles. The van der Waals surface area contributed by atoms with E-state index in [1.165, 1.54) is 6.92 Å². The number of carbonyl (C=O) groups excluding carboxylic acids is 1. The Morgan fingerprint density at radius 1 is 1.44 bits per heavy atom. The van der Waals surface area contributed by atoms with Crippen LogP contribution in [0.3, 0.4) is 0 Å². The first-order valence-electron chi connectivity index (χ1n) is 5.71. The highest BCUT2D eigenvalue weighted by Gasteiger charge is 2.16. The Bertz CT molecular complexity index is 372. The summed E-state index contributed by atoms with van der Waals surface area (Å²) in [5.74, 6) is 1.11. The molecule has 0 aliphatic carbocycles. The molecule has 1 fully saturated rings. The van der Waals surface area contributed by atoms with Crippen LogP contribution < -0.4 is 10.6 Å². The molecule has 4 heteroatoms. The SMILES string of the molecule is CC(=O)Nc1cccc(C2CCNCC2)n1. The largest absolute Gasteiger partial charge is 0.317 e. The van der Waals surface area contributed by atoms with Gasteiger partial charge in [-0.25, -0.2) is 4.98 Å². The van der Waals surface area contributed by atoms with Crippen LogP contribution in [0.5, 0.6) is 0 Å². The van der Waals surface area contributed by atoms with Crippen molar-refractivity contribution in [1.29, 1.82) is 0 Å². The van der Waals surface area contributed by atoms with Crippen LogP contribution in [0.15, 0.2) is 18.2 Å². The van der Waals surface area contributed by atoms with Crippen LogP contribution in [0.25, 0.3) is 0 Å². The summed E-state index contributed by atoms with van der Waals surface area (Å²) in [5, 5.41) is 6.05. The molecule has 2 N–H and O–H groups in total. The summed E-state index contributed by atoms with van der Waals surface area (Å²) in [6.07, 6.45) is 2.24. The van der Waals surface area contributed by atoms with Gasteiger partial charge in [-0.05, 0) is 38.1 Å². The predicted octanol–water partition coefficient (Wildman–Crippen LogP) is 1.51. The third-order valence-corrected chi connectivity index (χ3v) is 2.83. The van der Waals surface area contributed by atoms with Crippen molar-refractivity contribution in [2.75, 3.05) is 18.4 Å². The second-order valence-corrected chi connectivity index (χ2v) is 4.15. The number of nitrogens with one attached hydrogen (secondary N) is 2. The normalized spacial score (nSPS) is 17.1. The first-order chi connectivity index (χ1) is 7.75. The summed E-state index contributed by atoms with van der Waals surface area (Å²) in [6.45, 7) is 3.60. The molecular weight excluding hydrogens is 202 g/mol. The Hall–Kier alpha value is -1.42. The average Bonchev–Trinajstić information content (AvgIpc) is 2.30. The van der Waals surface area contributed by atoms with E-state index in [1.54, 1.807) is 0 Å². The summed E-state index contributed by atoms with van der Waals surface area (Å²) in [7, 11) is 0. The minimum Gasteiger partial charge on any atom is -0.317 e. The number of hydrogen-bond donors (Lipinski definition) is 2. The van der Waals surface area contributed by atoms with Gasteiger partial charge in [0.25, 0.3) is 0 Å². The van der Waals surface area contributed by atoms with Crippen LogP contribution in [0.1, 0.15) is 31.4 Å². The molecule has 1 aromatic rings. The molecule has 1 aromatic heterocycles. The standard InChI is InChI=1S/C12H17N3O/c1-9(16)14-12-4-2-3-11(15-12)10-5-7-13-8-6-10/h2-4,10,13H,5-8H2,1H3,(H,14,15,16). The molecule has 0 saturated carbocycles. The van der Waals surface area contributed by atoms with Gasteiger partial charge in [0, 0.05) is 18.5 Å². The predicted molar refractivity (Wildman–Crippen MR) is 63.4 cm³/mol. The molecule has 0 bridgehead atoms. The zero-order valence-electron chi connectivity index (χ0n) is 9.49. The molecule has 4 nitrogen and oxygen atoms in total. The second kappa shape index (κ2) is 5.07. The number of carbonyl (C=O) groups is 1. The quantitative estimate of drug-likeness (QED) is 0.792. The molecule has 1 amide bonds. The number of anilines is 1. The van der Waals surface area contributed by atoms with E-state index >= 15 is 0 Å². The van der Waals surface area contributed by atoms with Crippen LogP contribution >= 0.6 is 0 Å². The van der Waals surface area contributed by atoms with Gasteiger partial charge in [0.2, 0.25) is 5.91 Å². The summed E-state index contributed by atoms with van der Waals surface area (Å²) in [5.41, 5.74) is 1.09. The first-order valence-corrected chi connectivity index (χ1v) is 5.71. The third-order valence-electron chi connectivity index (χ3n) is 2.83. The van der Waals surface area contributed by atoms with Gasteiger partial charge in [0.15, 0.2) is 0 Å². The van der Waals surface area contributed by atoms with Crippen molar-refractivity contribution >= 4 is 11.7 Å². The molecule has 0 atom stereocenters. The van der Waals surface area contributed by atoms with Crippen LogP contribution in [0, 0.1) is 0 Å². The molecule has 0 spiro atoms. The summed E-state index contributed by atoms with van der Waals surface area (Å²) in [4.78, 5) is 15.4. The highest BCUT2D eigenvalue weighted by molar-refractivity contribution is 5.87. The molecule has 0 unspecified atom stereocenters. The van der Waals surface area contributed by atoms with E-state index in [9.17, 15) is 4.79 Å². The maximum absolute atomic E-state index is 10.9. The van der Waals surface area contributed by atoms with E-state index < -0.39 is 0 Å². The van der Waals surface area contributed by atoms with Gasteiger partial charge in [-0.3, -0.25) is 4.79 Å². The lowest BCUT2D eigenvalue weighted by molar-refractivity contribution is -0.114. The van der Waals surface area contributed by atoms with E-state index in [0.29, 0.717) is 11.7 Å². The van der Waals surface area contributed by atoms with Crippen LogP contribution in [-0.2, 0) is 4.79 Å². The molecular formula is C12H17N3O. The molecule has 2 rings (SSSR count). The van der Waals surface area contributed by atoms with Crippen molar-refractivity contribution in [3.05, 3.63) is 23.9 Å². The van der Waals surface area contributed by atoms with Crippen molar-refractivity contribution in [2.24, 2.45) is 0 Å². The number of pyridine rings is 1. The Balaban J connectivity index is 2.11. The fourth-order valence-electron chi connectivity index (χ4n) is 2.05. The van der Waals surface area contributed by atoms with Gasteiger partial charge < -0.3 is 10.6 Å². The van der Waals surface area contributed by atoms with Gasteiger partial charge in [-0.2, -0.15) is 0 Å². The van der Waals surface area contributed by atoms with Crippen molar-refractivity contribution in [2.45, 2.75) is 25.7 Å². The monoisotopic (exact) mass is 219 g/mol. The number of piperidine rings is 1. The van der Waals surface area contributed by atoms with Gasteiger partial charge in [0.1, 0.15) is 5.82 Å². The first kappa shape index (κ1) is 11.1. The molecule has 16 heavy (non-hydrogen) atoms. The van der Waals surface area contributed by atoms with E-state index in [0.717, 1.165) is 31.6 Å². The maximum atomic E-state index is 10.9.